The van der Waals surface area contributed by atoms with Gasteiger partial charge in [0, 0.05) is 0 Å². The van der Waals surface area contributed by atoms with Gasteiger partial charge in [-0.1, -0.05) is 0 Å². The van der Waals surface area contributed by atoms with Crippen molar-refractivity contribution in [1.82, 2.24) is 4.98 Å². The van der Waals surface area contributed by atoms with Crippen molar-refractivity contribution in [2.75, 3.05) is 0 Å². The molecule has 13 heavy (non-hydrogen) atoms. The van der Waals surface area contributed by atoms with Gasteiger partial charge in [0.25, 0.3) is 5.91 Å². The van der Waals surface area contributed by atoms with Crippen molar-refractivity contribution >= 4 is 5.91 Å². The molecule has 0 unspecified atom stereocenters. The van der Waals surface area contributed by atoms with E-state index < -0.39 is 5.91 Å². The Balaban J connectivity index is 2.75. The van der Waals surface area contributed by atoms with Gasteiger partial charge >= 0.3 is 0 Å². The summed E-state index contributed by atoms with van der Waals surface area (Å²) in [5, 5.41) is 0. The lowest BCUT2D eigenvalue weighted by atomic mass is 10.3. The lowest BCUT2D eigenvalue weighted by molar-refractivity contribution is 0.0995. The van der Waals surface area contributed by atoms with Crippen LogP contribution in [0.1, 0.15) is 24.3 Å². The third-order valence-corrected chi connectivity index (χ3v) is 1.36. The summed E-state index contributed by atoms with van der Waals surface area (Å²) < 4.78 is 5.33. The largest absolute Gasteiger partial charge is 0.489 e. The number of rotatable bonds is 3. The number of hydrogen-bond acceptors (Lipinski definition) is 3. The highest BCUT2D eigenvalue weighted by atomic mass is 16.5. The minimum atomic E-state index is -0.531. The summed E-state index contributed by atoms with van der Waals surface area (Å²) in [5.41, 5.74) is 5.27. The van der Waals surface area contributed by atoms with E-state index >= 15 is 0 Å². The highest BCUT2D eigenvalue weighted by molar-refractivity contribution is 5.90. The Bertz CT molecular complexity index is 293. The molecule has 0 aliphatic carbocycles. The van der Waals surface area contributed by atoms with Crippen LogP contribution in [0, 0.1) is 0 Å². The predicted molar refractivity (Wildman–Crippen MR) is 48.5 cm³/mol. The van der Waals surface area contributed by atoms with E-state index in [1.807, 2.05) is 13.8 Å². The number of ether oxygens (including phenoxy) is 1. The zero-order chi connectivity index (χ0) is 9.84. The molecular formula is C9H12N2O2. The molecular weight excluding hydrogens is 168 g/mol. The van der Waals surface area contributed by atoms with Gasteiger partial charge in [-0.3, -0.25) is 4.79 Å². The van der Waals surface area contributed by atoms with Gasteiger partial charge in [-0.25, -0.2) is 4.98 Å². The molecule has 70 valence electrons. The zero-order valence-corrected chi connectivity index (χ0v) is 7.65. The first-order valence-electron chi connectivity index (χ1n) is 4.02. The van der Waals surface area contributed by atoms with E-state index in [-0.39, 0.29) is 11.8 Å². The Hall–Kier alpha value is -1.58. The fourth-order valence-electron chi connectivity index (χ4n) is 0.868. The standard InChI is InChI=1S/C9H12N2O2/c1-6(2)13-7-3-4-8(9(10)12)11-5-7/h3-6H,1-2H3,(H2,10,12). The van der Waals surface area contributed by atoms with Gasteiger partial charge in [-0.05, 0) is 26.0 Å². The van der Waals surface area contributed by atoms with E-state index in [0.717, 1.165) is 0 Å². The summed E-state index contributed by atoms with van der Waals surface area (Å²) in [6.07, 6.45) is 1.58. The van der Waals surface area contributed by atoms with Crippen molar-refractivity contribution in [2.24, 2.45) is 5.73 Å². The van der Waals surface area contributed by atoms with Crippen LogP contribution in [0.15, 0.2) is 18.3 Å². The fourth-order valence-corrected chi connectivity index (χ4v) is 0.868. The molecule has 1 aromatic heterocycles. The van der Waals surface area contributed by atoms with Crippen molar-refractivity contribution < 1.29 is 9.53 Å². The second kappa shape index (κ2) is 3.89. The molecule has 2 N–H and O–H groups in total. The molecule has 0 bridgehead atoms. The Morgan fingerprint density at radius 2 is 2.23 bits per heavy atom. The number of amides is 1. The molecule has 0 aromatic carbocycles. The first-order chi connectivity index (χ1) is 6.09. The van der Waals surface area contributed by atoms with Crippen LogP contribution in [0.5, 0.6) is 5.75 Å². The van der Waals surface area contributed by atoms with Gasteiger partial charge in [0.2, 0.25) is 0 Å². The third kappa shape index (κ3) is 2.74. The molecule has 0 spiro atoms. The molecule has 1 heterocycles. The summed E-state index contributed by atoms with van der Waals surface area (Å²) in [7, 11) is 0. The second-order valence-electron chi connectivity index (χ2n) is 2.91. The van der Waals surface area contributed by atoms with Crippen LogP contribution in [0.3, 0.4) is 0 Å². The molecule has 1 amide bonds. The summed E-state index contributed by atoms with van der Waals surface area (Å²) in [6.45, 7) is 3.84. The van der Waals surface area contributed by atoms with Crippen molar-refractivity contribution in [3.63, 3.8) is 0 Å². The third-order valence-electron chi connectivity index (χ3n) is 1.36. The maximum Gasteiger partial charge on any atom is 0.267 e. The van der Waals surface area contributed by atoms with Crippen LogP contribution in [-0.2, 0) is 0 Å². The summed E-state index contributed by atoms with van der Waals surface area (Å²) in [5.74, 6) is 0.107. The SMILES string of the molecule is CC(C)Oc1ccc(C(N)=O)nc1. The molecule has 1 rings (SSSR count). The van der Waals surface area contributed by atoms with E-state index in [0.29, 0.717) is 5.75 Å². The smallest absolute Gasteiger partial charge is 0.267 e. The first-order valence-corrected chi connectivity index (χ1v) is 4.02. The molecule has 0 aliphatic heterocycles. The lowest BCUT2D eigenvalue weighted by Crippen LogP contribution is -2.13. The number of primary amides is 1. The highest BCUT2D eigenvalue weighted by Crippen LogP contribution is 2.10. The first kappa shape index (κ1) is 9.51. The highest BCUT2D eigenvalue weighted by Gasteiger charge is 2.02. The topological polar surface area (TPSA) is 65.2 Å². The van der Waals surface area contributed by atoms with Gasteiger partial charge in [0.1, 0.15) is 11.4 Å². The Morgan fingerprint density at radius 3 is 2.62 bits per heavy atom. The summed E-state index contributed by atoms with van der Waals surface area (Å²) >= 11 is 0. The second-order valence-corrected chi connectivity index (χ2v) is 2.91. The van der Waals surface area contributed by atoms with Crippen LogP contribution >= 0.6 is 0 Å². The number of hydrogen-bond donors (Lipinski definition) is 1. The van der Waals surface area contributed by atoms with Crippen LogP contribution in [0.2, 0.25) is 0 Å². The minimum absolute atomic E-state index is 0.0984. The number of nitrogens with two attached hydrogens (primary N) is 1. The maximum absolute atomic E-state index is 10.7. The molecule has 0 saturated heterocycles. The molecule has 0 atom stereocenters. The van der Waals surface area contributed by atoms with Crippen LogP contribution in [-0.4, -0.2) is 17.0 Å². The number of pyridine rings is 1. The van der Waals surface area contributed by atoms with E-state index in [1.54, 1.807) is 12.1 Å². The summed E-state index contributed by atoms with van der Waals surface area (Å²) in [6, 6.07) is 3.22. The van der Waals surface area contributed by atoms with Crippen LogP contribution < -0.4 is 10.5 Å². The number of nitrogens with zero attached hydrogens (tertiary/aromatic N) is 1. The molecule has 0 fully saturated rings. The number of carbonyl (C=O) groups is 1. The Kier molecular flexibility index (Phi) is 2.84. The molecule has 0 saturated carbocycles. The lowest BCUT2D eigenvalue weighted by Gasteiger charge is -2.08. The minimum Gasteiger partial charge on any atom is -0.489 e. The van der Waals surface area contributed by atoms with Crippen molar-refractivity contribution in [2.45, 2.75) is 20.0 Å². The predicted octanol–water partition coefficient (Wildman–Crippen LogP) is 0.968. The Labute approximate surface area is 76.7 Å². The molecule has 0 aliphatic rings. The van der Waals surface area contributed by atoms with Gasteiger partial charge in [0.05, 0.1) is 12.3 Å². The molecule has 1 aromatic rings. The zero-order valence-electron chi connectivity index (χ0n) is 7.65. The van der Waals surface area contributed by atoms with E-state index in [1.165, 1.54) is 6.20 Å². The molecule has 4 nitrogen and oxygen atoms in total. The van der Waals surface area contributed by atoms with Crippen LogP contribution in [0.25, 0.3) is 0 Å². The van der Waals surface area contributed by atoms with Crippen LogP contribution in [0.4, 0.5) is 0 Å². The fraction of sp³-hybridized carbons (Fsp3) is 0.333. The Morgan fingerprint density at radius 1 is 1.54 bits per heavy atom. The average Bonchev–Trinajstić information content (AvgIpc) is 2.04. The van der Waals surface area contributed by atoms with Gasteiger partial charge in [0.15, 0.2) is 0 Å². The van der Waals surface area contributed by atoms with Crippen molar-refractivity contribution in [3.05, 3.63) is 24.0 Å². The van der Waals surface area contributed by atoms with Gasteiger partial charge in [-0.2, -0.15) is 0 Å². The van der Waals surface area contributed by atoms with Crippen molar-refractivity contribution in [3.8, 4) is 5.75 Å². The normalized spacial score (nSPS) is 10.1. The number of carbonyl (C=O) groups excluding carboxylic acids is 1. The average molecular weight is 180 g/mol. The van der Waals surface area contributed by atoms with E-state index in [9.17, 15) is 4.79 Å². The quantitative estimate of drug-likeness (QED) is 0.753. The van der Waals surface area contributed by atoms with E-state index in [4.69, 9.17) is 10.5 Å². The maximum atomic E-state index is 10.7. The monoisotopic (exact) mass is 180 g/mol. The molecule has 4 heteroatoms. The van der Waals surface area contributed by atoms with Gasteiger partial charge in [-0.15, -0.1) is 0 Å². The summed E-state index contributed by atoms with van der Waals surface area (Å²) in [4.78, 5) is 14.5. The number of aromatic nitrogens is 1. The van der Waals surface area contributed by atoms with Gasteiger partial charge < -0.3 is 10.5 Å². The van der Waals surface area contributed by atoms with Crippen molar-refractivity contribution in [1.29, 1.82) is 0 Å². The van der Waals surface area contributed by atoms with E-state index in [2.05, 4.69) is 4.98 Å². The molecule has 0 radical (unpaired) electrons.